The molecule has 5 heteroatoms. The fraction of sp³-hybridized carbons (Fsp3) is 0.222. The van der Waals surface area contributed by atoms with Crippen molar-refractivity contribution in [1.82, 2.24) is 0 Å². The molecular weight excluding hydrogens is 217 g/mol. The standard InChI is InChI=1S/C9H6ClF3O/c1-5(14)6-3-2-4-7(10)8(6)9(11,12)13/h2-4H,1H3. The van der Waals surface area contributed by atoms with Crippen LogP contribution in [0.15, 0.2) is 18.2 Å². The topological polar surface area (TPSA) is 17.1 Å². The lowest BCUT2D eigenvalue weighted by molar-refractivity contribution is -0.137. The van der Waals surface area contributed by atoms with Crippen LogP contribution in [0.4, 0.5) is 13.2 Å². The summed E-state index contributed by atoms with van der Waals surface area (Å²) in [5.74, 6) is -0.653. The molecule has 0 atom stereocenters. The molecule has 0 radical (unpaired) electrons. The third-order valence-electron chi connectivity index (χ3n) is 1.68. The van der Waals surface area contributed by atoms with Crippen LogP contribution >= 0.6 is 11.6 Å². The Bertz CT molecular complexity index is 371. The van der Waals surface area contributed by atoms with E-state index in [0.29, 0.717) is 0 Å². The highest BCUT2D eigenvalue weighted by Gasteiger charge is 2.36. The quantitative estimate of drug-likeness (QED) is 0.664. The predicted molar refractivity (Wildman–Crippen MR) is 46.5 cm³/mol. The summed E-state index contributed by atoms with van der Waals surface area (Å²) < 4.78 is 37.3. The molecule has 0 spiro atoms. The van der Waals surface area contributed by atoms with Gasteiger partial charge in [-0.05, 0) is 13.0 Å². The molecule has 0 bridgehead atoms. The minimum atomic E-state index is -4.60. The Labute approximate surface area is 83.5 Å². The highest BCUT2D eigenvalue weighted by Crippen LogP contribution is 2.37. The molecule has 0 heterocycles. The molecule has 0 fully saturated rings. The number of ketones is 1. The molecule has 0 saturated carbocycles. The number of carbonyl (C=O) groups excluding carboxylic acids is 1. The van der Waals surface area contributed by atoms with Crippen molar-refractivity contribution >= 4 is 17.4 Å². The Morgan fingerprint density at radius 3 is 2.29 bits per heavy atom. The van der Waals surface area contributed by atoms with E-state index in [-0.39, 0.29) is 0 Å². The molecule has 1 nitrogen and oxygen atoms in total. The Hall–Kier alpha value is -1.03. The highest BCUT2D eigenvalue weighted by molar-refractivity contribution is 6.32. The molecule has 14 heavy (non-hydrogen) atoms. The van der Waals surface area contributed by atoms with E-state index >= 15 is 0 Å². The van der Waals surface area contributed by atoms with Crippen LogP contribution in [-0.2, 0) is 6.18 Å². The lowest BCUT2D eigenvalue weighted by Gasteiger charge is -2.12. The Morgan fingerprint density at radius 1 is 1.36 bits per heavy atom. The summed E-state index contributed by atoms with van der Waals surface area (Å²) in [4.78, 5) is 10.9. The number of alkyl halides is 3. The normalized spacial score (nSPS) is 11.5. The van der Waals surface area contributed by atoms with Crippen LogP contribution < -0.4 is 0 Å². The van der Waals surface area contributed by atoms with Crippen LogP contribution in [0.2, 0.25) is 5.02 Å². The van der Waals surface area contributed by atoms with Gasteiger partial charge < -0.3 is 0 Å². The second kappa shape index (κ2) is 3.61. The first-order valence-corrected chi connectivity index (χ1v) is 4.08. The Morgan fingerprint density at radius 2 is 1.93 bits per heavy atom. The Kier molecular flexibility index (Phi) is 2.85. The summed E-state index contributed by atoms with van der Waals surface area (Å²) >= 11 is 5.39. The fourth-order valence-electron chi connectivity index (χ4n) is 1.11. The lowest BCUT2D eigenvalue weighted by atomic mass is 10.0. The molecule has 76 valence electrons. The van der Waals surface area contributed by atoms with Crippen LogP contribution in [0.5, 0.6) is 0 Å². The number of Topliss-reactive ketones (excluding diaryl/α,β-unsaturated/α-hetero) is 1. The van der Waals surface area contributed by atoms with Crippen molar-refractivity contribution in [2.45, 2.75) is 13.1 Å². The van der Waals surface area contributed by atoms with Gasteiger partial charge in [0, 0.05) is 5.56 Å². The van der Waals surface area contributed by atoms with Crippen molar-refractivity contribution < 1.29 is 18.0 Å². The molecule has 0 aliphatic carbocycles. The third-order valence-corrected chi connectivity index (χ3v) is 1.99. The molecule has 0 amide bonds. The van der Waals surface area contributed by atoms with Gasteiger partial charge in [-0.2, -0.15) is 13.2 Å². The first kappa shape index (κ1) is 11.0. The second-order valence-corrected chi connectivity index (χ2v) is 3.12. The van der Waals surface area contributed by atoms with E-state index in [1.807, 2.05) is 0 Å². The summed E-state index contributed by atoms with van der Waals surface area (Å²) in [7, 11) is 0. The van der Waals surface area contributed by atoms with Gasteiger partial charge >= 0.3 is 6.18 Å². The number of carbonyl (C=O) groups is 1. The fourth-order valence-corrected chi connectivity index (χ4v) is 1.39. The van der Waals surface area contributed by atoms with E-state index in [2.05, 4.69) is 0 Å². The first-order chi connectivity index (χ1) is 6.34. The molecule has 0 aliphatic rings. The zero-order valence-corrected chi connectivity index (χ0v) is 7.91. The maximum absolute atomic E-state index is 12.4. The molecule has 0 saturated heterocycles. The van der Waals surface area contributed by atoms with Crippen LogP contribution in [0.3, 0.4) is 0 Å². The first-order valence-electron chi connectivity index (χ1n) is 3.70. The molecule has 0 aliphatic heterocycles. The number of hydrogen-bond acceptors (Lipinski definition) is 1. The minimum Gasteiger partial charge on any atom is -0.294 e. The summed E-state index contributed by atoms with van der Waals surface area (Å²) in [6, 6.07) is 3.53. The number of benzene rings is 1. The Balaban J connectivity index is 3.45. The minimum absolute atomic E-state index is 0.398. The number of rotatable bonds is 1. The van der Waals surface area contributed by atoms with Crippen LogP contribution in [-0.4, -0.2) is 5.78 Å². The molecular formula is C9H6ClF3O. The van der Waals surface area contributed by atoms with Gasteiger partial charge in [-0.25, -0.2) is 0 Å². The van der Waals surface area contributed by atoms with Gasteiger partial charge in [-0.15, -0.1) is 0 Å². The van der Waals surface area contributed by atoms with Gasteiger partial charge in [0.25, 0.3) is 0 Å². The van der Waals surface area contributed by atoms with Gasteiger partial charge in [0.15, 0.2) is 5.78 Å². The zero-order chi connectivity index (χ0) is 10.9. The summed E-state index contributed by atoms with van der Waals surface area (Å²) in [6.45, 7) is 1.07. The van der Waals surface area contributed by atoms with Crippen molar-refractivity contribution in [2.24, 2.45) is 0 Å². The maximum Gasteiger partial charge on any atom is 0.418 e. The maximum atomic E-state index is 12.4. The van der Waals surface area contributed by atoms with Crippen molar-refractivity contribution in [3.63, 3.8) is 0 Å². The largest absolute Gasteiger partial charge is 0.418 e. The average molecular weight is 223 g/mol. The molecule has 1 aromatic rings. The molecule has 0 unspecified atom stereocenters. The van der Waals surface area contributed by atoms with E-state index in [1.165, 1.54) is 6.07 Å². The third kappa shape index (κ3) is 2.07. The van der Waals surface area contributed by atoms with E-state index in [1.54, 1.807) is 0 Å². The van der Waals surface area contributed by atoms with E-state index < -0.39 is 28.1 Å². The monoisotopic (exact) mass is 222 g/mol. The van der Waals surface area contributed by atoms with E-state index in [4.69, 9.17) is 11.6 Å². The number of halogens is 4. The average Bonchev–Trinajstić information content (AvgIpc) is 2.01. The van der Waals surface area contributed by atoms with Crippen molar-refractivity contribution in [3.05, 3.63) is 34.3 Å². The van der Waals surface area contributed by atoms with Gasteiger partial charge in [-0.3, -0.25) is 4.79 Å². The van der Waals surface area contributed by atoms with E-state index in [9.17, 15) is 18.0 Å². The smallest absolute Gasteiger partial charge is 0.294 e. The molecule has 1 rings (SSSR count). The van der Waals surface area contributed by atoms with Crippen molar-refractivity contribution in [1.29, 1.82) is 0 Å². The van der Waals surface area contributed by atoms with Crippen molar-refractivity contribution in [3.8, 4) is 0 Å². The molecule has 0 aromatic heterocycles. The van der Waals surface area contributed by atoms with Crippen LogP contribution in [0.25, 0.3) is 0 Å². The van der Waals surface area contributed by atoms with E-state index in [0.717, 1.165) is 19.1 Å². The van der Waals surface area contributed by atoms with Gasteiger partial charge in [-0.1, -0.05) is 23.7 Å². The predicted octanol–water partition coefficient (Wildman–Crippen LogP) is 3.56. The summed E-state index contributed by atoms with van der Waals surface area (Å²) in [6.07, 6.45) is -4.60. The second-order valence-electron chi connectivity index (χ2n) is 2.72. The summed E-state index contributed by atoms with van der Waals surface area (Å²) in [5, 5.41) is -0.454. The summed E-state index contributed by atoms with van der Waals surface area (Å²) in [5.41, 5.74) is -1.46. The molecule has 1 aromatic carbocycles. The van der Waals surface area contributed by atoms with Crippen LogP contribution in [0.1, 0.15) is 22.8 Å². The van der Waals surface area contributed by atoms with Gasteiger partial charge in [0.1, 0.15) is 0 Å². The van der Waals surface area contributed by atoms with Crippen LogP contribution in [0, 0.1) is 0 Å². The highest BCUT2D eigenvalue weighted by atomic mass is 35.5. The van der Waals surface area contributed by atoms with Crippen molar-refractivity contribution in [2.75, 3.05) is 0 Å². The lowest BCUT2D eigenvalue weighted by Crippen LogP contribution is -2.12. The SMILES string of the molecule is CC(=O)c1cccc(Cl)c1C(F)(F)F. The van der Waals surface area contributed by atoms with Gasteiger partial charge in [0.05, 0.1) is 10.6 Å². The molecule has 0 N–H and O–H groups in total. The zero-order valence-electron chi connectivity index (χ0n) is 7.15. The van der Waals surface area contributed by atoms with Gasteiger partial charge in [0.2, 0.25) is 0 Å². The number of hydrogen-bond donors (Lipinski definition) is 0.